The molecule has 1 aromatic rings. The highest BCUT2D eigenvalue weighted by Gasteiger charge is 2.52. The van der Waals surface area contributed by atoms with E-state index in [1.807, 2.05) is 12.1 Å². The summed E-state index contributed by atoms with van der Waals surface area (Å²) in [4.78, 5) is 0. The number of rotatable bonds is 1. The molecule has 0 aromatic heterocycles. The number of hydrogen-bond acceptors (Lipinski definition) is 0. The van der Waals surface area contributed by atoms with E-state index in [1.54, 1.807) is 0 Å². The maximum atomic E-state index is 6.24. The summed E-state index contributed by atoms with van der Waals surface area (Å²) in [5.41, 5.74) is 1.39. The van der Waals surface area contributed by atoms with Gasteiger partial charge < -0.3 is 0 Å². The number of hydrogen-bond donors (Lipinski definition) is 0. The molecule has 2 unspecified atom stereocenters. The SMILES string of the molecule is C[C@H]1C[C@@H](c2ccccc2Cl)C2CC21. The van der Waals surface area contributed by atoms with Crippen molar-refractivity contribution in [2.45, 2.75) is 25.7 Å². The van der Waals surface area contributed by atoms with E-state index in [-0.39, 0.29) is 0 Å². The second-order valence-electron chi connectivity index (χ2n) is 4.90. The molecule has 0 nitrogen and oxygen atoms in total. The molecule has 2 saturated carbocycles. The van der Waals surface area contributed by atoms with Gasteiger partial charge in [-0.15, -0.1) is 0 Å². The molecule has 14 heavy (non-hydrogen) atoms. The summed E-state index contributed by atoms with van der Waals surface area (Å²) in [7, 11) is 0. The number of benzene rings is 1. The van der Waals surface area contributed by atoms with Crippen molar-refractivity contribution in [3.05, 3.63) is 34.9 Å². The van der Waals surface area contributed by atoms with Crippen molar-refractivity contribution in [3.8, 4) is 0 Å². The van der Waals surface area contributed by atoms with E-state index in [9.17, 15) is 0 Å². The molecule has 3 rings (SSSR count). The van der Waals surface area contributed by atoms with Gasteiger partial charge in [0.2, 0.25) is 0 Å². The molecule has 74 valence electrons. The fourth-order valence-corrected chi connectivity index (χ4v) is 3.51. The van der Waals surface area contributed by atoms with Gasteiger partial charge in [-0.25, -0.2) is 0 Å². The highest BCUT2D eigenvalue weighted by molar-refractivity contribution is 6.31. The largest absolute Gasteiger partial charge is 0.0840 e. The lowest BCUT2D eigenvalue weighted by atomic mass is 9.92. The number of fused-ring (bicyclic) bond motifs is 1. The maximum Gasteiger partial charge on any atom is 0.0440 e. The zero-order chi connectivity index (χ0) is 9.71. The van der Waals surface area contributed by atoms with Gasteiger partial charge >= 0.3 is 0 Å². The van der Waals surface area contributed by atoms with Crippen LogP contribution in [0.5, 0.6) is 0 Å². The van der Waals surface area contributed by atoms with Crippen molar-refractivity contribution < 1.29 is 0 Å². The normalized spacial score (nSPS) is 39.6. The first kappa shape index (κ1) is 8.79. The third kappa shape index (κ3) is 1.20. The summed E-state index contributed by atoms with van der Waals surface area (Å²) in [5.74, 6) is 3.63. The van der Waals surface area contributed by atoms with E-state index < -0.39 is 0 Å². The Balaban J connectivity index is 1.93. The van der Waals surface area contributed by atoms with Crippen LogP contribution >= 0.6 is 11.6 Å². The first-order chi connectivity index (χ1) is 6.77. The Bertz CT molecular complexity index is 358. The second kappa shape index (κ2) is 3.00. The van der Waals surface area contributed by atoms with Crippen LogP contribution in [0.4, 0.5) is 0 Å². The van der Waals surface area contributed by atoms with Gasteiger partial charge in [-0.2, -0.15) is 0 Å². The van der Waals surface area contributed by atoms with E-state index in [1.165, 1.54) is 18.4 Å². The predicted octanol–water partition coefficient (Wildman–Crippen LogP) is 4.10. The van der Waals surface area contributed by atoms with Crippen LogP contribution < -0.4 is 0 Å². The molecule has 0 spiro atoms. The molecule has 0 saturated heterocycles. The topological polar surface area (TPSA) is 0 Å². The standard InChI is InChI=1S/C13H15Cl/c1-8-6-11(12-7-10(8)12)9-4-2-3-5-13(9)14/h2-5,8,10-12H,6-7H2,1H3/t8-,10?,11-,12?/m0/s1. The highest BCUT2D eigenvalue weighted by Crippen LogP contribution is 2.62. The minimum atomic E-state index is 0.753. The highest BCUT2D eigenvalue weighted by atomic mass is 35.5. The van der Waals surface area contributed by atoms with Gasteiger partial charge in [0, 0.05) is 5.02 Å². The molecular formula is C13H15Cl. The van der Waals surface area contributed by atoms with Crippen molar-refractivity contribution >= 4 is 11.6 Å². The molecular weight excluding hydrogens is 192 g/mol. The van der Waals surface area contributed by atoms with Crippen LogP contribution in [0.1, 0.15) is 31.2 Å². The number of halogens is 1. The summed E-state index contributed by atoms with van der Waals surface area (Å²) in [6.45, 7) is 2.39. The van der Waals surface area contributed by atoms with Crippen molar-refractivity contribution in [2.75, 3.05) is 0 Å². The van der Waals surface area contributed by atoms with Crippen LogP contribution in [0.15, 0.2) is 24.3 Å². The predicted molar refractivity (Wildman–Crippen MR) is 59.6 cm³/mol. The summed E-state index contributed by atoms with van der Waals surface area (Å²) < 4.78 is 0. The molecule has 2 fully saturated rings. The first-order valence-electron chi connectivity index (χ1n) is 5.52. The molecule has 2 aliphatic rings. The van der Waals surface area contributed by atoms with Crippen molar-refractivity contribution in [1.29, 1.82) is 0 Å². The van der Waals surface area contributed by atoms with Crippen LogP contribution in [0, 0.1) is 17.8 Å². The monoisotopic (exact) mass is 206 g/mol. The zero-order valence-corrected chi connectivity index (χ0v) is 9.17. The summed E-state index contributed by atoms with van der Waals surface area (Å²) in [6, 6.07) is 8.37. The van der Waals surface area contributed by atoms with Gasteiger partial charge in [-0.1, -0.05) is 36.7 Å². The first-order valence-corrected chi connectivity index (χ1v) is 5.89. The molecule has 1 aromatic carbocycles. The van der Waals surface area contributed by atoms with Gasteiger partial charge in [0.1, 0.15) is 0 Å². The van der Waals surface area contributed by atoms with Gasteiger partial charge in [0.15, 0.2) is 0 Å². The third-order valence-corrected chi connectivity index (χ3v) is 4.41. The van der Waals surface area contributed by atoms with Crippen LogP contribution in [-0.4, -0.2) is 0 Å². The van der Waals surface area contributed by atoms with Crippen LogP contribution in [0.2, 0.25) is 5.02 Å². The quantitative estimate of drug-likeness (QED) is 0.649. The lowest BCUT2D eigenvalue weighted by molar-refractivity contribution is 0.506. The lowest BCUT2D eigenvalue weighted by Crippen LogP contribution is -2.00. The second-order valence-corrected chi connectivity index (χ2v) is 5.31. The Hall–Kier alpha value is -0.490. The Morgan fingerprint density at radius 2 is 1.93 bits per heavy atom. The van der Waals surface area contributed by atoms with Crippen molar-refractivity contribution in [1.82, 2.24) is 0 Å². The van der Waals surface area contributed by atoms with Gasteiger partial charge in [-0.05, 0) is 48.1 Å². The van der Waals surface area contributed by atoms with E-state index in [0.29, 0.717) is 0 Å². The van der Waals surface area contributed by atoms with Gasteiger partial charge in [-0.3, -0.25) is 0 Å². The van der Waals surface area contributed by atoms with Crippen LogP contribution in [-0.2, 0) is 0 Å². The summed E-state index contributed by atoms with van der Waals surface area (Å²) in [5, 5.41) is 0.970. The Morgan fingerprint density at radius 3 is 2.50 bits per heavy atom. The van der Waals surface area contributed by atoms with E-state index in [2.05, 4.69) is 19.1 Å². The molecule has 1 heteroatoms. The average Bonchev–Trinajstić information content (AvgIpc) is 2.89. The molecule has 0 amide bonds. The molecule has 4 atom stereocenters. The minimum Gasteiger partial charge on any atom is -0.0840 e. The molecule has 0 heterocycles. The smallest absolute Gasteiger partial charge is 0.0440 e. The Labute approximate surface area is 90.3 Å². The lowest BCUT2D eigenvalue weighted by Gasteiger charge is -2.15. The van der Waals surface area contributed by atoms with Crippen LogP contribution in [0.25, 0.3) is 0 Å². The molecule has 0 bridgehead atoms. The maximum absolute atomic E-state index is 6.24. The van der Waals surface area contributed by atoms with Crippen LogP contribution in [0.3, 0.4) is 0 Å². The molecule has 0 aliphatic heterocycles. The minimum absolute atomic E-state index is 0.753. The molecule has 0 radical (unpaired) electrons. The zero-order valence-electron chi connectivity index (χ0n) is 8.41. The Kier molecular flexibility index (Phi) is 1.88. The summed E-state index contributed by atoms with van der Waals surface area (Å²) in [6.07, 6.45) is 2.79. The summed E-state index contributed by atoms with van der Waals surface area (Å²) >= 11 is 6.24. The molecule has 0 N–H and O–H groups in total. The van der Waals surface area contributed by atoms with E-state index in [4.69, 9.17) is 11.6 Å². The fourth-order valence-electron chi connectivity index (χ4n) is 3.24. The van der Waals surface area contributed by atoms with Crippen molar-refractivity contribution in [3.63, 3.8) is 0 Å². The Morgan fingerprint density at radius 1 is 1.14 bits per heavy atom. The van der Waals surface area contributed by atoms with Crippen molar-refractivity contribution in [2.24, 2.45) is 17.8 Å². The average molecular weight is 207 g/mol. The fraction of sp³-hybridized carbons (Fsp3) is 0.538. The van der Waals surface area contributed by atoms with E-state index >= 15 is 0 Å². The third-order valence-electron chi connectivity index (χ3n) is 4.07. The van der Waals surface area contributed by atoms with Gasteiger partial charge in [0.25, 0.3) is 0 Å². The van der Waals surface area contributed by atoms with E-state index in [0.717, 1.165) is 28.7 Å². The molecule has 2 aliphatic carbocycles. The van der Waals surface area contributed by atoms with Gasteiger partial charge in [0.05, 0.1) is 0 Å².